The monoisotopic (exact) mass is 339 g/mol. The second kappa shape index (κ2) is 6.16. The Morgan fingerprint density at radius 2 is 2.04 bits per heavy atom. The van der Waals surface area contributed by atoms with Crippen LogP contribution >= 0.6 is 0 Å². The van der Waals surface area contributed by atoms with Crippen molar-refractivity contribution in [3.8, 4) is 0 Å². The van der Waals surface area contributed by atoms with Crippen LogP contribution in [0.1, 0.15) is 17.3 Å². The number of methoxy groups -OCH3 is 1. The van der Waals surface area contributed by atoms with E-state index >= 15 is 0 Å². The molecule has 0 bridgehead atoms. The summed E-state index contributed by atoms with van der Waals surface area (Å²) in [7, 11) is -3.01. The van der Waals surface area contributed by atoms with Crippen molar-refractivity contribution in [1.29, 1.82) is 0 Å². The molecule has 1 aliphatic heterocycles. The summed E-state index contributed by atoms with van der Waals surface area (Å²) >= 11 is 0. The average molecular weight is 339 g/mol. The maximum Gasteiger partial charge on any atom is 0.347 e. The number of rotatable bonds is 4. The summed E-state index contributed by atoms with van der Waals surface area (Å²) in [6.07, 6.45) is 0. The van der Waals surface area contributed by atoms with Crippen LogP contribution in [0.4, 0.5) is 10.5 Å². The Labute approximate surface area is 131 Å². The van der Waals surface area contributed by atoms with E-state index in [4.69, 9.17) is 0 Å². The minimum atomic E-state index is -4.20. The number of amides is 3. The molecule has 1 aromatic carbocycles. The molecule has 10 heteroatoms. The van der Waals surface area contributed by atoms with Gasteiger partial charge >= 0.3 is 12.0 Å². The van der Waals surface area contributed by atoms with Crippen LogP contribution < -0.4 is 10.0 Å². The fourth-order valence-electron chi connectivity index (χ4n) is 2.02. The van der Waals surface area contributed by atoms with Gasteiger partial charge in [-0.25, -0.2) is 23.0 Å². The van der Waals surface area contributed by atoms with E-state index in [0.29, 0.717) is 0 Å². The first-order chi connectivity index (χ1) is 10.7. The lowest BCUT2D eigenvalue weighted by atomic mass is 10.2. The van der Waals surface area contributed by atoms with E-state index in [-0.39, 0.29) is 17.0 Å². The number of benzene rings is 1. The highest BCUT2D eigenvalue weighted by Gasteiger charge is 2.39. The molecular formula is C13H13N3O6S. The van der Waals surface area contributed by atoms with E-state index in [2.05, 4.69) is 14.5 Å². The maximum absolute atomic E-state index is 12.4. The fourth-order valence-corrected chi connectivity index (χ4v) is 3.44. The Morgan fingerprint density at radius 1 is 1.35 bits per heavy atom. The van der Waals surface area contributed by atoms with Crippen LogP contribution in [0.5, 0.6) is 0 Å². The van der Waals surface area contributed by atoms with Gasteiger partial charge in [-0.15, -0.1) is 0 Å². The number of esters is 1. The van der Waals surface area contributed by atoms with Gasteiger partial charge in [0.05, 0.1) is 18.4 Å². The maximum atomic E-state index is 12.4. The van der Waals surface area contributed by atoms with Gasteiger partial charge in [0, 0.05) is 5.69 Å². The first-order valence-electron chi connectivity index (χ1n) is 6.34. The fraction of sp³-hybridized carbons (Fsp3) is 0.231. The number of hydrogen-bond acceptors (Lipinski definition) is 6. The molecule has 3 amide bonds. The number of carbonyl (C=O) groups excluding carboxylic acids is 3. The number of sulfonamides is 1. The van der Waals surface area contributed by atoms with Crippen molar-refractivity contribution in [1.82, 2.24) is 5.32 Å². The highest BCUT2D eigenvalue weighted by atomic mass is 32.2. The second-order valence-corrected chi connectivity index (χ2v) is 6.41. The molecule has 1 atom stereocenters. The van der Waals surface area contributed by atoms with E-state index in [9.17, 15) is 22.8 Å². The SMILES string of the molecule is COC(=O)c1cccc(NS(=O)(=O)C2C(=O)NC(=O)N=C2C)c1. The molecule has 122 valence electrons. The van der Waals surface area contributed by atoms with Crippen LogP contribution in [0.25, 0.3) is 0 Å². The molecule has 0 aromatic heterocycles. The van der Waals surface area contributed by atoms with Crippen molar-refractivity contribution in [2.75, 3.05) is 11.8 Å². The molecule has 0 saturated carbocycles. The molecule has 1 aromatic rings. The van der Waals surface area contributed by atoms with Gasteiger partial charge in [-0.05, 0) is 25.1 Å². The molecule has 9 nitrogen and oxygen atoms in total. The van der Waals surface area contributed by atoms with Crippen LogP contribution in [-0.2, 0) is 19.6 Å². The van der Waals surface area contributed by atoms with Crippen molar-refractivity contribution in [2.45, 2.75) is 12.2 Å². The molecule has 1 unspecified atom stereocenters. The first-order valence-corrected chi connectivity index (χ1v) is 7.89. The van der Waals surface area contributed by atoms with Crippen LogP contribution in [0.3, 0.4) is 0 Å². The minimum Gasteiger partial charge on any atom is -0.465 e. The normalized spacial score (nSPS) is 18.0. The van der Waals surface area contributed by atoms with Gasteiger partial charge in [0.1, 0.15) is 0 Å². The van der Waals surface area contributed by atoms with Gasteiger partial charge in [0.25, 0.3) is 5.91 Å². The number of urea groups is 1. The molecule has 2 N–H and O–H groups in total. The lowest BCUT2D eigenvalue weighted by Crippen LogP contribution is -2.51. The highest BCUT2D eigenvalue weighted by molar-refractivity contribution is 7.94. The summed E-state index contributed by atoms with van der Waals surface area (Å²) in [5, 5.41) is 0.195. The zero-order valence-electron chi connectivity index (χ0n) is 12.2. The largest absolute Gasteiger partial charge is 0.465 e. The smallest absolute Gasteiger partial charge is 0.347 e. The summed E-state index contributed by atoms with van der Waals surface area (Å²) in [6.45, 7) is 1.27. The molecule has 0 fully saturated rings. The Morgan fingerprint density at radius 3 is 2.65 bits per heavy atom. The predicted molar refractivity (Wildman–Crippen MR) is 80.8 cm³/mol. The zero-order chi connectivity index (χ0) is 17.2. The zero-order valence-corrected chi connectivity index (χ0v) is 13.0. The summed E-state index contributed by atoms with van der Waals surface area (Å²) in [5.74, 6) is -1.62. The number of nitrogens with one attached hydrogen (secondary N) is 2. The standard InChI is InChI=1S/C13H13N3O6S/c1-7-10(11(17)15-13(19)14-7)23(20,21)16-9-5-3-4-8(6-9)12(18)22-2/h3-6,10,16H,1-2H3,(H,15,17,19). The number of aliphatic imine (C=N–C) groups is 1. The Hall–Kier alpha value is -2.75. The lowest BCUT2D eigenvalue weighted by Gasteiger charge is -2.20. The summed E-state index contributed by atoms with van der Waals surface area (Å²) in [5.41, 5.74) is 0.0714. The summed E-state index contributed by atoms with van der Waals surface area (Å²) in [6, 6.07) is 4.66. The number of hydrogen-bond donors (Lipinski definition) is 2. The first kappa shape index (κ1) is 16.6. The van der Waals surface area contributed by atoms with Crippen molar-refractivity contribution in [3.63, 3.8) is 0 Å². The van der Waals surface area contributed by atoms with Crippen LogP contribution in [0, 0.1) is 0 Å². The van der Waals surface area contributed by atoms with Crippen molar-refractivity contribution in [2.24, 2.45) is 4.99 Å². The van der Waals surface area contributed by atoms with Gasteiger partial charge < -0.3 is 4.74 Å². The number of anilines is 1. The van der Waals surface area contributed by atoms with Crippen molar-refractivity contribution < 1.29 is 27.5 Å². The second-order valence-electron chi connectivity index (χ2n) is 4.65. The topological polar surface area (TPSA) is 131 Å². The predicted octanol–water partition coefficient (Wildman–Crippen LogP) is 0.294. The van der Waals surface area contributed by atoms with Crippen molar-refractivity contribution >= 4 is 39.3 Å². The molecule has 1 heterocycles. The van der Waals surface area contributed by atoms with Crippen LogP contribution in [0.2, 0.25) is 0 Å². The van der Waals surface area contributed by atoms with E-state index in [1.54, 1.807) is 0 Å². The highest BCUT2D eigenvalue weighted by Crippen LogP contribution is 2.17. The van der Waals surface area contributed by atoms with E-state index < -0.39 is 33.2 Å². The number of nitrogens with zero attached hydrogens (tertiary/aromatic N) is 1. The summed E-state index contributed by atoms with van der Waals surface area (Å²) in [4.78, 5) is 37.7. The molecule has 0 spiro atoms. The van der Waals surface area contributed by atoms with E-state index in [1.165, 1.54) is 38.3 Å². The van der Waals surface area contributed by atoms with Gasteiger partial charge in [0.2, 0.25) is 10.0 Å². The number of ether oxygens (including phenoxy) is 1. The van der Waals surface area contributed by atoms with E-state index in [1.807, 2.05) is 5.32 Å². The number of carbonyl (C=O) groups is 3. The Balaban J connectivity index is 2.32. The van der Waals surface area contributed by atoms with Gasteiger partial charge in [-0.3, -0.25) is 14.8 Å². The third-order valence-electron chi connectivity index (χ3n) is 2.98. The van der Waals surface area contributed by atoms with Gasteiger partial charge in [-0.2, -0.15) is 0 Å². The molecule has 0 aliphatic carbocycles. The molecule has 23 heavy (non-hydrogen) atoms. The van der Waals surface area contributed by atoms with E-state index in [0.717, 1.165) is 0 Å². The quantitative estimate of drug-likeness (QED) is 0.758. The molecular weight excluding hydrogens is 326 g/mol. The average Bonchev–Trinajstić information content (AvgIpc) is 2.44. The van der Waals surface area contributed by atoms with Crippen LogP contribution in [0.15, 0.2) is 29.3 Å². The van der Waals surface area contributed by atoms with Gasteiger partial charge in [0.15, 0.2) is 5.25 Å². The Kier molecular flexibility index (Phi) is 4.45. The van der Waals surface area contributed by atoms with Crippen molar-refractivity contribution in [3.05, 3.63) is 29.8 Å². The lowest BCUT2D eigenvalue weighted by molar-refractivity contribution is -0.118. The van der Waals surface area contributed by atoms with Gasteiger partial charge in [-0.1, -0.05) is 6.07 Å². The molecule has 0 radical (unpaired) electrons. The Bertz CT molecular complexity index is 815. The third kappa shape index (κ3) is 3.54. The summed E-state index contributed by atoms with van der Waals surface area (Å²) < 4.78 is 31.4. The molecule has 0 saturated heterocycles. The molecule has 1 aliphatic rings. The van der Waals surface area contributed by atoms with Crippen LogP contribution in [-0.4, -0.2) is 44.4 Å². The number of imide groups is 1. The third-order valence-corrected chi connectivity index (χ3v) is 4.68. The minimum absolute atomic E-state index is 0.0744. The molecule has 2 rings (SSSR count).